The van der Waals surface area contributed by atoms with E-state index < -0.39 is 11.7 Å². The molecule has 2 rings (SSSR count). The normalized spacial score (nSPS) is 11.6. The van der Waals surface area contributed by atoms with Crippen molar-refractivity contribution in [3.8, 4) is 0 Å². The fourth-order valence-electron chi connectivity index (χ4n) is 1.49. The fraction of sp³-hybridized carbons (Fsp3) is 0.250. The van der Waals surface area contributed by atoms with Crippen molar-refractivity contribution in [3.63, 3.8) is 0 Å². The Balaban J connectivity index is 2.15. The molecule has 0 aliphatic heterocycles. The first-order valence-corrected chi connectivity index (χ1v) is 7.05. The number of halogens is 4. The van der Waals surface area contributed by atoms with Crippen LogP contribution in [0.5, 0.6) is 0 Å². The molecule has 19 heavy (non-hydrogen) atoms. The number of nitrogens with one attached hydrogen (secondary N) is 1. The predicted octanol–water partition coefficient (Wildman–Crippen LogP) is 4.84. The van der Waals surface area contributed by atoms with Crippen LogP contribution in [0.3, 0.4) is 0 Å². The predicted molar refractivity (Wildman–Crippen MR) is 73.3 cm³/mol. The van der Waals surface area contributed by atoms with Gasteiger partial charge in [0.25, 0.3) is 0 Å². The van der Waals surface area contributed by atoms with Gasteiger partial charge in [-0.15, -0.1) is 11.3 Å². The molecule has 1 heterocycles. The summed E-state index contributed by atoms with van der Waals surface area (Å²) in [6.45, 7) is 2.28. The molecule has 1 aromatic heterocycles. The van der Waals surface area contributed by atoms with E-state index in [0.29, 0.717) is 16.7 Å². The lowest BCUT2D eigenvalue weighted by molar-refractivity contribution is -0.137. The number of aromatic nitrogens is 1. The monoisotopic (exact) mass is 350 g/mol. The quantitative estimate of drug-likeness (QED) is 0.856. The molecule has 0 atom stereocenters. The van der Waals surface area contributed by atoms with Gasteiger partial charge in [-0.3, -0.25) is 0 Å². The minimum atomic E-state index is -4.34. The molecule has 102 valence electrons. The first-order chi connectivity index (χ1) is 8.86. The van der Waals surface area contributed by atoms with Crippen LogP contribution in [0.1, 0.15) is 16.3 Å². The Morgan fingerprint density at radius 1 is 1.37 bits per heavy atom. The summed E-state index contributed by atoms with van der Waals surface area (Å²) in [6, 6.07) is 3.52. The van der Waals surface area contributed by atoms with E-state index >= 15 is 0 Å². The zero-order valence-corrected chi connectivity index (χ0v) is 12.3. The van der Waals surface area contributed by atoms with Gasteiger partial charge in [0.15, 0.2) is 0 Å². The summed E-state index contributed by atoms with van der Waals surface area (Å²) in [5.74, 6) is 0. The van der Waals surface area contributed by atoms with Crippen molar-refractivity contribution in [1.29, 1.82) is 0 Å². The van der Waals surface area contributed by atoms with Crippen LogP contribution in [0, 0.1) is 6.92 Å². The van der Waals surface area contributed by atoms with Gasteiger partial charge in [-0.1, -0.05) is 0 Å². The fourth-order valence-corrected chi connectivity index (χ4v) is 2.59. The van der Waals surface area contributed by atoms with Crippen molar-refractivity contribution >= 4 is 33.0 Å². The molecule has 0 saturated carbocycles. The molecule has 2 nitrogen and oxygen atoms in total. The summed E-state index contributed by atoms with van der Waals surface area (Å²) in [5.41, 5.74) is 0.640. The number of nitrogens with zero attached hydrogens (tertiary/aromatic N) is 1. The molecule has 0 saturated heterocycles. The summed E-state index contributed by atoms with van der Waals surface area (Å²) in [6.07, 6.45) is -4.34. The molecular formula is C12H10BrF3N2S. The zero-order chi connectivity index (χ0) is 14.0. The van der Waals surface area contributed by atoms with Crippen molar-refractivity contribution < 1.29 is 13.2 Å². The minimum Gasteiger partial charge on any atom is -0.378 e. The van der Waals surface area contributed by atoms with Crippen LogP contribution in [0.25, 0.3) is 0 Å². The molecule has 2 aromatic rings. The average molecular weight is 351 g/mol. The number of alkyl halides is 3. The zero-order valence-electron chi connectivity index (χ0n) is 9.88. The maximum absolute atomic E-state index is 12.6. The van der Waals surface area contributed by atoms with E-state index in [9.17, 15) is 13.2 Å². The van der Waals surface area contributed by atoms with E-state index in [-0.39, 0.29) is 0 Å². The molecular weight excluding hydrogens is 341 g/mol. The van der Waals surface area contributed by atoms with Gasteiger partial charge >= 0.3 is 6.18 Å². The Labute approximate surface area is 120 Å². The highest BCUT2D eigenvalue weighted by atomic mass is 79.9. The van der Waals surface area contributed by atoms with Gasteiger partial charge in [0.2, 0.25) is 0 Å². The van der Waals surface area contributed by atoms with Crippen LogP contribution >= 0.6 is 27.3 Å². The van der Waals surface area contributed by atoms with E-state index in [0.717, 1.165) is 22.8 Å². The third kappa shape index (κ3) is 3.70. The second-order valence-electron chi connectivity index (χ2n) is 3.93. The number of anilines is 1. The minimum absolute atomic E-state index is 0.401. The lowest BCUT2D eigenvalue weighted by Gasteiger charge is -2.11. The molecule has 7 heteroatoms. The lowest BCUT2D eigenvalue weighted by Crippen LogP contribution is -2.07. The van der Waals surface area contributed by atoms with Gasteiger partial charge in [-0.05, 0) is 41.1 Å². The number of benzene rings is 1. The molecule has 0 aliphatic rings. The topological polar surface area (TPSA) is 24.9 Å². The van der Waals surface area contributed by atoms with Gasteiger partial charge in [0.1, 0.15) is 5.01 Å². The van der Waals surface area contributed by atoms with Gasteiger partial charge in [0, 0.05) is 21.2 Å². The highest BCUT2D eigenvalue weighted by molar-refractivity contribution is 9.10. The van der Waals surface area contributed by atoms with Crippen LogP contribution < -0.4 is 5.32 Å². The molecule has 0 fully saturated rings. The van der Waals surface area contributed by atoms with Crippen LogP contribution in [0.15, 0.2) is 28.1 Å². The van der Waals surface area contributed by atoms with Gasteiger partial charge < -0.3 is 5.32 Å². The van der Waals surface area contributed by atoms with Crippen LogP contribution in [-0.2, 0) is 12.7 Å². The number of thiazole rings is 1. The maximum Gasteiger partial charge on any atom is 0.416 e. The third-order valence-corrected chi connectivity index (χ3v) is 4.05. The summed E-state index contributed by atoms with van der Waals surface area (Å²) >= 11 is 4.70. The Kier molecular flexibility index (Phi) is 4.15. The van der Waals surface area contributed by atoms with Crippen molar-refractivity contribution in [2.45, 2.75) is 19.6 Å². The van der Waals surface area contributed by atoms with Gasteiger partial charge in [0.05, 0.1) is 12.1 Å². The third-order valence-electron chi connectivity index (χ3n) is 2.39. The van der Waals surface area contributed by atoms with Crippen LogP contribution in [0.4, 0.5) is 18.9 Å². The molecule has 0 unspecified atom stereocenters. The molecule has 1 N–H and O–H groups in total. The summed E-state index contributed by atoms with van der Waals surface area (Å²) in [7, 11) is 0. The first-order valence-electron chi connectivity index (χ1n) is 5.38. The van der Waals surface area contributed by atoms with Crippen LogP contribution in [-0.4, -0.2) is 4.98 Å². The average Bonchev–Trinajstić information content (AvgIpc) is 2.72. The second-order valence-corrected chi connectivity index (χ2v) is 5.73. The van der Waals surface area contributed by atoms with Crippen molar-refractivity contribution in [3.05, 3.63) is 44.3 Å². The molecule has 0 amide bonds. The molecule has 1 aromatic carbocycles. The first kappa shape index (κ1) is 14.3. The summed E-state index contributed by atoms with van der Waals surface area (Å²) in [5, 5.41) is 5.69. The number of hydrogen-bond acceptors (Lipinski definition) is 3. The number of rotatable bonds is 3. The molecule has 0 spiro atoms. The van der Waals surface area contributed by atoms with Crippen LogP contribution in [0.2, 0.25) is 0 Å². The Hall–Kier alpha value is -1.08. The second kappa shape index (κ2) is 5.50. The summed E-state index contributed by atoms with van der Waals surface area (Å²) < 4.78 is 38.4. The van der Waals surface area contributed by atoms with E-state index in [1.807, 2.05) is 12.3 Å². The smallest absolute Gasteiger partial charge is 0.378 e. The van der Waals surface area contributed by atoms with Gasteiger partial charge in [-0.2, -0.15) is 13.2 Å². The number of aryl methyl sites for hydroxylation is 1. The van der Waals surface area contributed by atoms with E-state index in [1.165, 1.54) is 17.4 Å². The van der Waals surface area contributed by atoms with E-state index in [2.05, 4.69) is 26.2 Å². The molecule has 0 bridgehead atoms. The number of hydrogen-bond donors (Lipinski definition) is 1. The standard InChI is InChI=1S/C12H10BrF3N2S/c1-7-6-19-11(18-7)5-17-10-4-8(12(14,15)16)2-3-9(10)13/h2-4,6,17H,5H2,1H3. The maximum atomic E-state index is 12.6. The molecule has 0 aliphatic carbocycles. The van der Waals surface area contributed by atoms with E-state index in [1.54, 1.807) is 0 Å². The lowest BCUT2D eigenvalue weighted by atomic mass is 10.2. The summed E-state index contributed by atoms with van der Waals surface area (Å²) in [4.78, 5) is 4.25. The Morgan fingerprint density at radius 2 is 2.11 bits per heavy atom. The van der Waals surface area contributed by atoms with Crippen molar-refractivity contribution in [2.24, 2.45) is 0 Å². The Morgan fingerprint density at radius 3 is 2.68 bits per heavy atom. The highest BCUT2D eigenvalue weighted by Gasteiger charge is 2.30. The van der Waals surface area contributed by atoms with Gasteiger partial charge in [-0.25, -0.2) is 4.98 Å². The van der Waals surface area contributed by atoms with E-state index in [4.69, 9.17) is 0 Å². The van der Waals surface area contributed by atoms with Crippen molar-refractivity contribution in [1.82, 2.24) is 4.98 Å². The largest absolute Gasteiger partial charge is 0.416 e. The Bertz CT molecular complexity index is 581. The SMILES string of the molecule is Cc1csc(CNc2cc(C(F)(F)F)ccc2Br)n1. The van der Waals surface area contributed by atoms with Crippen molar-refractivity contribution in [2.75, 3.05) is 5.32 Å². The highest BCUT2D eigenvalue weighted by Crippen LogP contribution is 2.34. The molecule has 0 radical (unpaired) electrons.